The SMILES string of the molecule is CCCCC#C[C@@H](/C=C/c1ccccc1)N[S@](=O)C(C)(C)C. The van der Waals surface area contributed by atoms with Crippen LogP contribution in [0.3, 0.4) is 0 Å². The number of hydrogen-bond acceptors (Lipinski definition) is 1. The first-order chi connectivity index (χ1) is 10.4. The summed E-state index contributed by atoms with van der Waals surface area (Å²) in [6.07, 6.45) is 7.13. The molecule has 0 spiro atoms. The van der Waals surface area contributed by atoms with Crippen LogP contribution in [0.4, 0.5) is 0 Å². The molecule has 0 saturated heterocycles. The van der Waals surface area contributed by atoms with Crippen LogP contribution in [0.15, 0.2) is 36.4 Å². The van der Waals surface area contributed by atoms with Gasteiger partial charge in [0.15, 0.2) is 0 Å². The van der Waals surface area contributed by atoms with Crippen molar-refractivity contribution in [3.63, 3.8) is 0 Å². The summed E-state index contributed by atoms with van der Waals surface area (Å²) >= 11 is 0. The number of nitrogens with one attached hydrogen (secondary N) is 1. The first kappa shape index (κ1) is 18.7. The Morgan fingerprint density at radius 1 is 1.27 bits per heavy atom. The minimum atomic E-state index is -1.14. The van der Waals surface area contributed by atoms with Crippen molar-refractivity contribution in [2.75, 3.05) is 0 Å². The molecule has 0 bridgehead atoms. The van der Waals surface area contributed by atoms with E-state index in [9.17, 15) is 4.21 Å². The van der Waals surface area contributed by atoms with Crippen molar-refractivity contribution in [1.82, 2.24) is 4.72 Å². The summed E-state index contributed by atoms with van der Waals surface area (Å²) in [5.41, 5.74) is 1.12. The third-order valence-electron chi connectivity index (χ3n) is 2.98. The molecule has 0 aromatic heterocycles. The first-order valence-corrected chi connectivity index (χ1v) is 8.98. The topological polar surface area (TPSA) is 29.1 Å². The van der Waals surface area contributed by atoms with E-state index in [0.29, 0.717) is 0 Å². The maximum absolute atomic E-state index is 12.3. The highest BCUT2D eigenvalue weighted by atomic mass is 32.2. The van der Waals surface area contributed by atoms with Gasteiger partial charge >= 0.3 is 0 Å². The zero-order valence-corrected chi connectivity index (χ0v) is 14.9. The lowest BCUT2D eigenvalue weighted by molar-refractivity contribution is 0.634. The molecule has 0 aliphatic heterocycles. The molecule has 0 fully saturated rings. The molecule has 0 radical (unpaired) electrons. The molecule has 0 aliphatic carbocycles. The highest BCUT2D eigenvalue weighted by Gasteiger charge is 2.21. The van der Waals surface area contributed by atoms with Crippen LogP contribution in [0.25, 0.3) is 6.08 Å². The van der Waals surface area contributed by atoms with Crippen molar-refractivity contribution in [1.29, 1.82) is 0 Å². The molecule has 3 heteroatoms. The molecule has 0 aliphatic rings. The van der Waals surface area contributed by atoms with Gasteiger partial charge in [0.25, 0.3) is 0 Å². The highest BCUT2D eigenvalue weighted by Crippen LogP contribution is 2.10. The standard InChI is InChI=1S/C19H27NOS/c1-5-6-7-11-14-18(20-22(21)19(2,3)4)16-15-17-12-9-8-10-13-17/h8-10,12-13,15-16,18,20H,5-7H2,1-4H3/b16-15+/t18-,22+/m0/s1. The molecule has 1 aromatic carbocycles. The zero-order chi connectivity index (χ0) is 16.4. The fraction of sp³-hybridized carbons (Fsp3) is 0.474. The van der Waals surface area contributed by atoms with Gasteiger partial charge in [0, 0.05) is 6.42 Å². The van der Waals surface area contributed by atoms with E-state index in [1.165, 1.54) is 0 Å². The molecule has 0 saturated carbocycles. The first-order valence-electron chi connectivity index (χ1n) is 7.83. The molecule has 1 rings (SSSR count). The van der Waals surface area contributed by atoms with Crippen molar-refractivity contribution < 1.29 is 4.21 Å². The average Bonchev–Trinajstić information content (AvgIpc) is 2.48. The predicted molar refractivity (Wildman–Crippen MR) is 97.6 cm³/mol. The second kappa shape index (κ2) is 9.61. The van der Waals surface area contributed by atoms with Crippen LogP contribution in [0, 0.1) is 11.8 Å². The van der Waals surface area contributed by atoms with Crippen molar-refractivity contribution in [2.45, 2.75) is 57.7 Å². The normalized spacial score (nSPS) is 14.4. The Hall–Kier alpha value is -1.37. The molecule has 2 nitrogen and oxygen atoms in total. The van der Waals surface area contributed by atoms with Crippen molar-refractivity contribution >= 4 is 17.1 Å². The van der Waals surface area contributed by atoms with Gasteiger partial charge < -0.3 is 0 Å². The number of rotatable bonds is 6. The molecule has 0 unspecified atom stereocenters. The van der Waals surface area contributed by atoms with Gasteiger partial charge in [-0.05, 0) is 32.8 Å². The van der Waals surface area contributed by atoms with Crippen LogP contribution >= 0.6 is 0 Å². The van der Waals surface area contributed by atoms with Crippen molar-refractivity contribution in [2.24, 2.45) is 0 Å². The van der Waals surface area contributed by atoms with E-state index in [0.717, 1.165) is 24.8 Å². The van der Waals surface area contributed by atoms with Crippen LogP contribution in [-0.2, 0) is 11.0 Å². The maximum Gasteiger partial charge on any atom is 0.0991 e. The number of benzene rings is 1. The van der Waals surface area contributed by atoms with E-state index in [1.807, 2.05) is 63.3 Å². The van der Waals surface area contributed by atoms with E-state index in [-0.39, 0.29) is 10.8 Å². The Labute approximate surface area is 138 Å². The minimum absolute atomic E-state index is 0.197. The Morgan fingerprint density at radius 3 is 2.55 bits per heavy atom. The van der Waals surface area contributed by atoms with Gasteiger partial charge in [0.05, 0.1) is 21.8 Å². The molecule has 120 valence electrons. The van der Waals surface area contributed by atoms with Gasteiger partial charge in [-0.2, -0.15) is 0 Å². The molecule has 2 atom stereocenters. The maximum atomic E-state index is 12.3. The lowest BCUT2D eigenvalue weighted by Gasteiger charge is -2.20. The molecular formula is C19H27NOS. The van der Waals surface area contributed by atoms with E-state index in [2.05, 4.69) is 23.5 Å². The van der Waals surface area contributed by atoms with E-state index >= 15 is 0 Å². The van der Waals surface area contributed by atoms with Crippen molar-refractivity contribution in [3.8, 4) is 11.8 Å². The summed E-state index contributed by atoms with van der Waals surface area (Å²) in [6, 6.07) is 9.88. The third-order valence-corrected chi connectivity index (χ3v) is 4.56. The Kier molecular flexibility index (Phi) is 8.16. The molecular weight excluding hydrogens is 290 g/mol. The lowest BCUT2D eigenvalue weighted by atomic mass is 10.1. The largest absolute Gasteiger partial charge is 0.242 e. The van der Waals surface area contributed by atoms with Gasteiger partial charge in [0.1, 0.15) is 0 Å². The lowest BCUT2D eigenvalue weighted by Crippen LogP contribution is -2.38. The summed E-state index contributed by atoms with van der Waals surface area (Å²) in [5.74, 6) is 6.37. The fourth-order valence-electron chi connectivity index (χ4n) is 1.63. The van der Waals surface area contributed by atoms with Gasteiger partial charge in [-0.15, -0.1) is 5.92 Å². The average molecular weight is 317 g/mol. The van der Waals surface area contributed by atoms with Crippen LogP contribution in [-0.4, -0.2) is 15.0 Å². The zero-order valence-electron chi connectivity index (χ0n) is 14.1. The van der Waals surface area contributed by atoms with Crippen molar-refractivity contribution in [3.05, 3.63) is 42.0 Å². The Morgan fingerprint density at radius 2 is 1.95 bits per heavy atom. The summed E-state index contributed by atoms with van der Waals surface area (Å²) in [4.78, 5) is 0. The number of unbranched alkanes of at least 4 members (excludes halogenated alkanes) is 2. The Bertz CT molecular complexity index is 546. The van der Waals surface area contributed by atoms with Gasteiger partial charge in [-0.3, -0.25) is 0 Å². The predicted octanol–water partition coefficient (Wildman–Crippen LogP) is 4.31. The van der Waals surface area contributed by atoms with Gasteiger partial charge in [0.2, 0.25) is 0 Å². The smallest absolute Gasteiger partial charge is 0.0991 e. The van der Waals surface area contributed by atoms with Crippen LogP contribution < -0.4 is 4.72 Å². The van der Waals surface area contributed by atoms with Crippen LogP contribution in [0.1, 0.15) is 52.5 Å². The van der Waals surface area contributed by atoms with Crippen LogP contribution in [0.5, 0.6) is 0 Å². The summed E-state index contributed by atoms with van der Waals surface area (Å²) in [7, 11) is -1.14. The summed E-state index contributed by atoms with van der Waals surface area (Å²) < 4.78 is 15.1. The summed E-state index contributed by atoms with van der Waals surface area (Å²) in [5, 5.41) is 0. The number of hydrogen-bond donors (Lipinski definition) is 1. The second-order valence-electron chi connectivity index (χ2n) is 6.17. The minimum Gasteiger partial charge on any atom is -0.242 e. The molecule has 0 heterocycles. The molecule has 1 aromatic rings. The fourth-order valence-corrected chi connectivity index (χ4v) is 2.35. The second-order valence-corrected chi connectivity index (χ2v) is 8.17. The quantitative estimate of drug-likeness (QED) is 0.614. The highest BCUT2D eigenvalue weighted by molar-refractivity contribution is 7.84. The van der Waals surface area contributed by atoms with E-state index < -0.39 is 11.0 Å². The third kappa shape index (κ3) is 7.59. The molecule has 0 amide bonds. The van der Waals surface area contributed by atoms with E-state index in [4.69, 9.17) is 0 Å². The monoisotopic (exact) mass is 317 g/mol. The van der Waals surface area contributed by atoms with Gasteiger partial charge in [-0.25, -0.2) is 8.93 Å². The summed E-state index contributed by atoms with van der Waals surface area (Å²) in [6.45, 7) is 8.02. The molecule has 1 N–H and O–H groups in total. The molecule has 22 heavy (non-hydrogen) atoms. The van der Waals surface area contributed by atoms with E-state index in [1.54, 1.807) is 0 Å². The van der Waals surface area contributed by atoms with Crippen LogP contribution in [0.2, 0.25) is 0 Å². The Balaban J connectivity index is 2.79. The van der Waals surface area contributed by atoms with Gasteiger partial charge in [-0.1, -0.05) is 61.7 Å².